The minimum Gasteiger partial charge on any atom is -0.490 e. The zero-order valence-corrected chi connectivity index (χ0v) is 24.0. The monoisotopic (exact) mass is 551 g/mol. The van der Waals surface area contributed by atoms with Crippen LogP contribution in [0.15, 0.2) is 24.3 Å². The summed E-state index contributed by atoms with van der Waals surface area (Å²) in [5.41, 5.74) is -4.69. The van der Waals surface area contributed by atoms with Crippen LogP contribution in [0, 0.1) is 51.8 Å². The van der Waals surface area contributed by atoms with Gasteiger partial charge < -0.3 is 25.1 Å². The van der Waals surface area contributed by atoms with Crippen LogP contribution in [0.4, 0.5) is 0 Å². The molecule has 12 atom stereocenters. The van der Waals surface area contributed by atoms with Gasteiger partial charge in [0, 0.05) is 36.5 Å². The second-order valence-electron chi connectivity index (χ2n) is 14.4. The van der Waals surface area contributed by atoms with E-state index in [9.17, 15) is 29.4 Å². The van der Waals surface area contributed by atoms with E-state index in [0.29, 0.717) is 18.0 Å². The fourth-order valence-electron chi connectivity index (χ4n) is 10.4. The van der Waals surface area contributed by atoms with Crippen LogP contribution in [-0.2, 0) is 25.6 Å². The summed E-state index contributed by atoms with van der Waals surface area (Å²) >= 11 is 0. The first-order valence-corrected chi connectivity index (χ1v) is 14.7. The van der Waals surface area contributed by atoms with Crippen molar-refractivity contribution in [3.8, 4) is 5.75 Å². The number of aldehydes is 1. The third-order valence-corrected chi connectivity index (χ3v) is 11.6. The summed E-state index contributed by atoms with van der Waals surface area (Å²) in [4.78, 5) is 55.2. The Bertz CT molecular complexity index is 1280. The van der Waals surface area contributed by atoms with E-state index in [4.69, 9.17) is 4.74 Å². The number of fused-ring (bicyclic) bond motifs is 3. The Hall–Kier alpha value is -2.58. The van der Waals surface area contributed by atoms with Crippen molar-refractivity contribution >= 4 is 23.8 Å². The normalized spacial score (nSPS) is 49.5. The highest BCUT2D eigenvalue weighted by atomic mass is 16.5. The molecule has 5 bridgehead atoms. The number of carbonyl (C=O) groups is 4. The molecule has 0 radical (unpaired) electrons. The molecule has 3 aliphatic heterocycles. The summed E-state index contributed by atoms with van der Waals surface area (Å²) in [6.07, 6.45) is 0.0593. The number of aliphatic hydroxyl groups is 2. The average Bonchev–Trinajstić information content (AvgIpc) is 3.25. The predicted octanol–water partition coefficient (Wildman–Crippen LogP) is 2.86. The number of amides is 1. The van der Waals surface area contributed by atoms with Crippen LogP contribution in [0.25, 0.3) is 0 Å². The van der Waals surface area contributed by atoms with Gasteiger partial charge in [-0.2, -0.15) is 0 Å². The molecule has 1 spiro atoms. The summed E-state index contributed by atoms with van der Waals surface area (Å²) in [6.45, 7) is 9.61. The molecule has 1 aromatic carbocycles. The molecule has 4 fully saturated rings. The first-order valence-electron chi connectivity index (χ1n) is 14.7. The molecule has 3 heterocycles. The van der Waals surface area contributed by atoms with Crippen LogP contribution >= 0.6 is 0 Å². The van der Waals surface area contributed by atoms with E-state index in [1.54, 1.807) is 13.8 Å². The van der Waals surface area contributed by atoms with Crippen molar-refractivity contribution in [2.45, 2.75) is 84.7 Å². The summed E-state index contributed by atoms with van der Waals surface area (Å²) in [5.74, 6) is -2.65. The number of ketones is 2. The molecule has 8 nitrogen and oxygen atoms in total. The maximum Gasteiger partial charge on any atom is 0.236 e. The summed E-state index contributed by atoms with van der Waals surface area (Å²) in [7, 11) is 0. The van der Waals surface area contributed by atoms with Crippen LogP contribution in [0.5, 0.6) is 5.75 Å². The minimum absolute atomic E-state index is 0.0768. The number of benzene rings is 1. The standard InChI is InChI=1S/C32H41NO7/c1-16-10-17(2)23-26-22(24(18(3)35)29(23,4)11-16)25-27(37)31(13-21(36)30(25,5)15-34)14-32(39,33-28(31)38)12-19-6-8-20(40-26)9-7-19/h6-9,15-17,21-26,36,39H,10-14H2,1-5H3,(H,33,38)/t16-,17+,21-,22+,23+,24-,25+,26+,29-,30+,31+,32+/m1/s1. The van der Waals surface area contributed by atoms with Crippen LogP contribution < -0.4 is 10.1 Å². The molecule has 3 saturated carbocycles. The van der Waals surface area contributed by atoms with Gasteiger partial charge in [-0.1, -0.05) is 32.9 Å². The van der Waals surface area contributed by atoms with E-state index in [-0.39, 0.29) is 36.9 Å². The summed E-state index contributed by atoms with van der Waals surface area (Å²) < 4.78 is 6.80. The van der Waals surface area contributed by atoms with E-state index in [0.717, 1.165) is 18.4 Å². The molecule has 6 aliphatic rings. The van der Waals surface area contributed by atoms with E-state index >= 15 is 0 Å². The van der Waals surface area contributed by atoms with Gasteiger partial charge in [0.1, 0.15) is 35.1 Å². The zero-order valence-electron chi connectivity index (χ0n) is 24.0. The van der Waals surface area contributed by atoms with E-state index in [1.165, 1.54) is 0 Å². The van der Waals surface area contributed by atoms with Gasteiger partial charge in [-0.05, 0) is 68.1 Å². The van der Waals surface area contributed by atoms with Gasteiger partial charge in [-0.3, -0.25) is 14.4 Å². The molecular weight excluding hydrogens is 510 g/mol. The number of carbonyl (C=O) groups excluding carboxylic acids is 4. The molecular formula is C32H41NO7. The lowest BCUT2D eigenvalue weighted by Gasteiger charge is -2.51. The van der Waals surface area contributed by atoms with Crippen LogP contribution in [-0.4, -0.2) is 51.9 Å². The number of Topliss-reactive ketones (excluding diaryl/α,β-unsaturated/α-hetero) is 2. The fraction of sp³-hybridized carbons (Fsp3) is 0.688. The number of nitrogens with one attached hydrogen (secondary N) is 1. The van der Waals surface area contributed by atoms with Crippen molar-refractivity contribution in [3.63, 3.8) is 0 Å². The van der Waals surface area contributed by atoms with Crippen molar-refractivity contribution in [1.29, 1.82) is 0 Å². The fourth-order valence-corrected chi connectivity index (χ4v) is 10.4. The van der Waals surface area contributed by atoms with Gasteiger partial charge in [0.05, 0.1) is 11.5 Å². The maximum atomic E-state index is 14.9. The first kappa shape index (κ1) is 27.6. The Balaban J connectivity index is 1.64. The highest BCUT2D eigenvalue weighted by molar-refractivity contribution is 6.11. The van der Waals surface area contributed by atoms with Crippen molar-refractivity contribution in [1.82, 2.24) is 5.32 Å². The predicted molar refractivity (Wildman–Crippen MR) is 145 cm³/mol. The molecule has 7 rings (SSSR count). The topological polar surface area (TPSA) is 130 Å². The summed E-state index contributed by atoms with van der Waals surface area (Å²) in [5, 5.41) is 25.8. The lowest BCUT2D eigenvalue weighted by atomic mass is 9.50. The molecule has 1 aromatic rings. The first-order chi connectivity index (χ1) is 18.7. The highest BCUT2D eigenvalue weighted by Gasteiger charge is 2.73. The van der Waals surface area contributed by atoms with Gasteiger partial charge in [0.2, 0.25) is 5.91 Å². The zero-order chi connectivity index (χ0) is 29.0. The maximum absolute atomic E-state index is 14.9. The molecule has 0 aromatic heterocycles. The van der Waals surface area contributed by atoms with Gasteiger partial charge in [0.15, 0.2) is 5.78 Å². The van der Waals surface area contributed by atoms with Crippen LogP contribution in [0.1, 0.15) is 65.9 Å². The van der Waals surface area contributed by atoms with E-state index in [2.05, 4.69) is 26.1 Å². The number of hydrogen-bond donors (Lipinski definition) is 3. The Kier molecular flexibility index (Phi) is 6.01. The second kappa shape index (κ2) is 8.71. The Morgan fingerprint density at radius 3 is 2.42 bits per heavy atom. The number of hydrogen-bond acceptors (Lipinski definition) is 7. The third-order valence-electron chi connectivity index (χ3n) is 11.6. The van der Waals surface area contributed by atoms with Gasteiger partial charge >= 0.3 is 0 Å². The quantitative estimate of drug-likeness (QED) is 0.381. The van der Waals surface area contributed by atoms with Crippen LogP contribution in [0.2, 0.25) is 0 Å². The minimum atomic E-state index is -1.71. The van der Waals surface area contributed by atoms with E-state index in [1.807, 2.05) is 24.3 Å². The van der Waals surface area contributed by atoms with Crippen molar-refractivity contribution in [3.05, 3.63) is 29.8 Å². The van der Waals surface area contributed by atoms with E-state index < -0.39 is 63.6 Å². The Morgan fingerprint density at radius 1 is 1.12 bits per heavy atom. The smallest absolute Gasteiger partial charge is 0.236 e. The van der Waals surface area contributed by atoms with Gasteiger partial charge in [0.25, 0.3) is 0 Å². The number of aliphatic hydroxyl groups excluding tert-OH is 1. The molecule has 40 heavy (non-hydrogen) atoms. The number of ether oxygens (including phenoxy) is 1. The third kappa shape index (κ3) is 3.57. The average molecular weight is 552 g/mol. The lowest BCUT2D eigenvalue weighted by molar-refractivity contribution is -0.173. The second-order valence-corrected chi connectivity index (χ2v) is 14.4. The highest BCUT2D eigenvalue weighted by Crippen LogP contribution is 2.66. The molecule has 1 saturated heterocycles. The van der Waals surface area contributed by atoms with Gasteiger partial charge in [-0.25, -0.2) is 0 Å². The Labute approximate surface area is 235 Å². The molecule has 3 aliphatic carbocycles. The van der Waals surface area contributed by atoms with Crippen molar-refractivity contribution < 1.29 is 34.1 Å². The van der Waals surface area contributed by atoms with Crippen LogP contribution in [0.3, 0.4) is 0 Å². The molecule has 1 amide bonds. The summed E-state index contributed by atoms with van der Waals surface area (Å²) in [6, 6.07) is 7.35. The molecule has 8 heteroatoms. The molecule has 3 N–H and O–H groups in total. The van der Waals surface area contributed by atoms with Crippen molar-refractivity contribution in [2.24, 2.45) is 51.8 Å². The van der Waals surface area contributed by atoms with Gasteiger partial charge in [-0.15, -0.1) is 0 Å². The van der Waals surface area contributed by atoms with Crippen molar-refractivity contribution in [2.75, 3.05) is 0 Å². The number of rotatable bonds is 2. The largest absolute Gasteiger partial charge is 0.490 e. The molecule has 0 unspecified atom stereocenters. The lowest BCUT2D eigenvalue weighted by Crippen LogP contribution is -2.63. The SMILES string of the molecule is CC(=O)[C@@H]1[C@@H]2[C@H](Oc3ccc(cc3)C[C@]3(O)C[C@]4(C[C@@H](O)[C@](C)(C=O)[C@@H]2C4=O)C(=O)N3)[C@@H]2[C@@H](C)C[C@@H](C)C[C@]21C. The Morgan fingerprint density at radius 2 is 1.80 bits per heavy atom. The molecule has 216 valence electrons.